The number of aryl methyl sites for hydroxylation is 1. The number of nitrogens with zero attached hydrogens (tertiary/aromatic N) is 4. The first-order valence-corrected chi connectivity index (χ1v) is 7.74. The molecule has 0 atom stereocenters. The predicted molar refractivity (Wildman–Crippen MR) is 84.8 cm³/mol. The van der Waals surface area contributed by atoms with E-state index in [1.54, 1.807) is 16.7 Å². The Bertz CT molecular complexity index is 721. The van der Waals surface area contributed by atoms with Gasteiger partial charge in [0, 0.05) is 25.7 Å². The number of nitrogens with one attached hydrogen (secondary N) is 1. The van der Waals surface area contributed by atoms with Gasteiger partial charge in [-0.15, -0.1) is 10.2 Å². The first-order valence-electron chi connectivity index (χ1n) is 7.74. The highest BCUT2D eigenvalue weighted by atomic mass is 19.1. The summed E-state index contributed by atoms with van der Waals surface area (Å²) in [6, 6.07) is 4.64. The summed E-state index contributed by atoms with van der Waals surface area (Å²) in [5, 5.41) is 10.7. The summed E-state index contributed by atoms with van der Waals surface area (Å²) in [7, 11) is 1.83. The van der Waals surface area contributed by atoms with Gasteiger partial charge in [0.05, 0.1) is 12.2 Å². The third-order valence-corrected chi connectivity index (χ3v) is 4.25. The molecule has 7 heteroatoms. The number of halogens is 1. The molecule has 1 N–H and O–H groups in total. The molecule has 0 saturated carbocycles. The van der Waals surface area contributed by atoms with Crippen molar-refractivity contribution in [3.8, 4) is 0 Å². The first-order chi connectivity index (χ1) is 11.1. The van der Waals surface area contributed by atoms with Crippen LogP contribution in [0.2, 0.25) is 0 Å². The predicted octanol–water partition coefficient (Wildman–Crippen LogP) is 1.79. The standard InChI is InChI=1S/C16H20FN5O/c1-11-19-20-15(21(11)2)10-18-16(23)12-5-6-14(13(17)9-12)22-7-3-4-8-22/h5-6,9H,3-4,7-8,10H2,1-2H3,(H,18,23). The molecular formula is C16H20FN5O. The van der Waals surface area contributed by atoms with Gasteiger partial charge in [-0.25, -0.2) is 4.39 Å². The number of carbonyl (C=O) groups excluding carboxylic acids is 1. The minimum atomic E-state index is -0.353. The van der Waals surface area contributed by atoms with Gasteiger partial charge in [0.15, 0.2) is 5.82 Å². The van der Waals surface area contributed by atoms with E-state index in [0.717, 1.165) is 31.8 Å². The second kappa shape index (κ2) is 6.36. The Morgan fingerprint density at radius 2 is 2.04 bits per heavy atom. The normalized spacial score (nSPS) is 14.3. The second-order valence-corrected chi connectivity index (χ2v) is 5.77. The number of anilines is 1. The average molecular weight is 317 g/mol. The van der Waals surface area contributed by atoms with E-state index in [9.17, 15) is 9.18 Å². The van der Waals surface area contributed by atoms with Gasteiger partial charge in [-0.2, -0.15) is 0 Å². The summed E-state index contributed by atoms with van der Waals surface area (Å²) < 4.78 is 16.0. The molecule has 122 valence electrons. The first kappa shape index (κ1) is 15.5. The maximum atomic E-state index is 14.2. The van der Waals surface area contributed by atoms with Crippen LogP contribution in [0.15, 0.2) is 18.2 Å². The van der Waals surface area contributed by atoms with Crippen molar-refractivity contribution in [3.63, 3.8) is 0 Å². The number of aromatic nitrogens is 3. The summed E-state index contributed by atoms with van der Waals surface area (Å²) in [5.74, 6) is 0.756. The van der Waals surface area contributed by atoms with Gasteiger partial charge in [0.25, 0.3) is 5.91 Å². The Morgan fingerprint density at radius 3 is 2.65 bits per heavy atom. The van der Waals surface area contributed by atoms with Crippen molar-refractivity contribution in [1.29, 1.82) is 0 Å². The summed E-state index contributed by atoms with van der Waals surface area (Å²) in [6.07, 6.45) is 2.16. The molecule has 0 radical (unpaired) electrons. The van der Waals surface area contributed by atoms with E-state index in [1.165, 1.54) is 6.07 Å². The largest absolute Gasteiger partial charge is 0.369 e. The third-order valence-electron chi connectivity index (χ3n) is 4.25. The monoisotopic (exact) mass is 317 g/mol. The van der Waals surface area contributed by atoms with Crippen molar-refractivity contribution < 1.29 is 9.18 Å². The van der Waals surface area contributed by atoms with Crippen LogP contribution in [0.3, 0.4) is 0 Å². The molecule has 1 aliphatic heterocycles. The SMILES string of the molecule is Cc1nnc(CNC(=O)c2ccc(N3CCCC3)c(F)c2)n1C. The molecule has 2 heterocycles. The van der Waals surface area contributed by atoms with Crippen LogP contribution in [0, 0.1) is 12.7 Å². The fourth-order valence-electron chi connectivity index (χ4n) is 2.73. The molecule has 3 rings (SSSR count). The lowest BCUT2D eigenvalue weighted by Crippen LogP contribution is -2.25. The van der Waals surface area contributed by atoms with E-state index < -0.39 is 0 Å². The number of carbonyl (C=O) groups is 1. The lowest BCUT2D eigenvalue weighted by Gasteiger charge is -2.18. The molecule has 23 heavy (non-hydrogen) atoms. The van der Waals surface area contributed by atoms with Crippen LogP contribution in [-0.4, -0.2) is 33.8 Å². The Hall–Kier alpha value is -2.44. The van der Waals surface area contributed by atoms with E-state index in [2.05, 4.69) is 15.5 Å². The zero-order valence-electron chi connectivity index (χ0n) is 13.3. The molecule has 6 nitrogen and oxygen atoms in total. The molecule has 0 bridgehead atoms. The number of benzene rings is 1. The van der Waals surface area contributed by atoms with Crippen molar-refractivity contribution in [1.82, 2.24) is 20.1 Å². The average Bonchev–Trinajstić information content (AvgIpc) is 3.17. The fourth-order valence-corrected chi connectivity index (χ4v) is 2.73. The lowest BCUT2D eigenvalue weighted by molar-refractivity contribution is 0.0949. The Morgan fingerprint density at radius 1 is 1.30 bits per heavy atom. The van der Waals surface area contributed by atoms with E-state index >= 15 is 0 Å². The van der Waals surface area contributed by atoms with Gasteiger partial charge in [0.2, 0.25) is 0 Å². The quantitative estimate of drug-likeness (QED) is 0.934. The number of rotatable bonds is 4. The molecule has 1 fully saturated rings. The van der Waals surface area contributed by atoms with Gasteiger partial charge in [-0.3, -0.25) is 4.79 Å². The van der Waals surface area contributed by atoms with E-state index in [-0.39, 0.29) is 18.3 Å². The Labute approximate surface area is 134 Å². The molecule has 1 aliphatic rings. The maximum Gasteiger partial charge on any atom is 0.251 e. The van der Waals surface area contributed by atoms with Crippen LogP contribution >= 0.6 is 0 Å². The van der Waals surface area contributed by atoms with E-state index in [4.69, 9.17) is 0 Å². The van der Waals surface area contributed by atoms with E-state index in [1.807, 2.05) is 18.9 Å². The van der Waals surface area contributed by atoms with Gasteiger partial charge < -0.3 is 14.8 Å². The Kier molecular flexibility index (Phi) is 4.27. The Balaban J connectivity index is 1.67. The molecule has 1 aromatic carbocycles. The van der Waals surface area contributed by atoms with Gasteiger partial charge in [-0.1, -0.05) is 0 Å². The van der Waals surface area contributed by atoms with Crippen molar-refractivity contribution in [2.45, 2.75) is 26.3 Å². The van der Waals surface area contributed by atoms with E-state index in [0.29, 0.717) is 17.1 Å². The highest BCUT2D eigenvalue weighted by Gasteiger charge is 2.18. The maximum absolute atomic E-state index is 14.2. The fraction of sp³-hybridized carbons (Fsp3) is 0.438. The molecule has 0 unspecified atom stereocenters. The minimum Gasteiger partial charge on any atom is -0.369 e. The minimum absolute atomic E-state index is 0.256. The second-order valence-electron chi connectivity index (χ2n) is 5.77. The summed E-state index contributed by atoms with van der Waals surface area (Å²) in [6.45, 7) is 3.83. The molecular weight excluding hydrogens is 297 g/mol. The highest BCUT2D eigenvalue weighted by molar-refractivity contribution is 5.94. The zero-order valence-corrected chi connectivity index (χ0v) is 13.3. The molecule has 2 aromatic rings. The van der Waals surface area contributed by atoms with Crippen molar-refractivity contribution in [2.75, 3.05) is 18.0 Å². The van der Waals surface area contributed by atoms with Crippen molar-refractivity contribution >= 4 is 11.6 Å². The molecule has 1 aromatic heterocycles. The van der Waals surface area contributed by atoms with Crippen molar-refractivity contribution in [2.24, 2.45) is 7.05 Å². The third kappa shape index (κ3) is 3.18. The number of amides is 1. The van der Waals surface area contributed by atoms with Gasteiger partial charge >= 0.3 is 0 Å². The highest BCUT2D eigenvalue weighted by Crippen LogP contribution is 2.24. The van der Waals surface area contributed by atoms with Crippen LogP contribution in [-0.2, 0) is 13.6 Å². The van der Waals surface area contributed by atoms with Crippen molar-refractivity contribution in [3.05, 3.63) is 41.2 Å². The summed E-state index contributed by atoms with van der Waals surface area (Å²) in [5.41, 5.74) is 0.882. The topological polar surface area (TPSA) is 63.1 Å². The summed E-state index contributed by atoms with van der Waals surface area (Å²) >= 11 is 0. The number of hydrogen-bond acceptors (Lipinski definition) is 4. The molecule has 0 aliphatic carbocycles. The van der Waals surface area contributed by atoms with Gasteiger partial charge in [0.1, 0.15) is 11.6 Å². The van der Waals surface area contributed by atoms with Crippen LogP contribution in [0.25, 0.3) is 0 Å². The van der Waals surface area contributed by atoms with Crippen LogP contribution in [0.4, 0.5) is 10.1 Å². The van der Waals surface area contributed by atoms with Gasteiger partial charge in [-0.05, 0) is 38.0 Å². The lowest BCUT2D eigenvalue weighted by atomic mass is 10.1. The summed E-state index contributed by atoms with van der Waals surface area (Å²) in [4.78, 5) is 14.2. The zero-order chi connectivity index (χ0) is 16.4. The molecule has 0 spiro atoms. The number of hydrogen-bond donors (Lipinski definition) is 1. The molecule has 1 saturated heterocycles. The van der Waals surface area contributed by atoms with Crippen LogP contribution in [0.5, 0.6) is 0 Å². The van der Waals surface area contributed by atoms with Crippen LogP contribution < -0.4 is 10.2 Å². The molecule has 1 amide bonds. The smallest absolute Gasteiger partial charge is 0.251 e. The van der Waals surface area contributed by atoms with Crippen LogP contribution in [0.1, 0.15) is 34.8 Å².